The minimum absolute atomic E-state index is 0.243. The number of carbonyl (C=O) groups is 2. The molecule has 0 aliphatic rings. The monoisotopic (exact) mass is 494 g/mol. The predicted octanol–water partition coefficient (Wildman–Crippen LogP) is 5.11. The molecule has 0 aliphatic heterocycles. The molecule has 1 heterocycles. The smallest absolute Gasteiger partial charge is 0.321 e. The van der Waals surface area contributed by atoms with Crippen LogP contribution in [0.3, 0.4) is 0 Å². The molecule has 1 aromatic heterocycles. The summed E-state index contributed by atoms with van der Waals surface area (Å²) in [6.45, 7) is 9.44. The molecular formula is C28H34N2O6. The molecule has 0 bridgehead atoms. The van der Waals surface area contributed by atoms with Gasteiger partial charge in [0.15, 0.2) is 0 Å². The summed E-state index contributed by atoms with van der Waals surface area (Å²) in [6.07, 6.45) is 1.32. The SMILES string of the molecule is CC(=O)ONCc1cc(OCCc2nc(-c3ccccc3)oc2C)ccc1CCC(=O)OC(C)(C)C. The first-order valence-electron chi connectivity index (χ1n) is 12.0. The van der Waals surface area contributed by atoms with Gasteiger partial charge in [-0.3, -0.25) is 9.59 Å². The number of ether oxygens (including phenoxy) is 2. The van der Waals surface area contributed by atoms with Gasteiger partial charge in [-0.2, -0.15) is 0 Å². The lowest BCUT2D eigenvalue weighted by Crippen LogP contribution is -2.24. The summed E-state index contributed by atoms with van der Waals surface area (Å²) in [5.74, 6) is 1.33. The van der Waals surface area contributed by atoms with E-state index in [-0.39, 0.29) is 18.9 Å². The third-order valence-corrected chi connectivity index (χ3v) is 5.20. The number of aromatic nitrogens is 1. The maximum Gasteiger partial charge on any atom is 0.321 e. The minimum Gasteiger partial charge on any atom is -0.493 e. The third-order valence-electron chi connectivity index (χ3n) is 5.20. The molecule has 0 spiro atoms. The number of oxazole rings is 1. The lowest BCUT2D eigenvalue weighted by atomic mass is 10.0. The Bertz CT molecular complexity index is 1160. The largest absolute Gasteiger partial charge is 0.493 e. The number of carbonyl (C=O) groups excluding carboxylic acids is 2. The van der Waals surface area contributed by atoms with Gasteiger partial charge in [0.05, 0.1) is 18.8 Å². The molecule has 0 amide bonds. The zero-order valence-electron chi connectivity index (χ0n) is 21.6. The lowest BCUT2D eigenvalue weighted by molar-refractivity contribution is -0.154. The molecule has 0 aliphatic carbocycles. The Balaban J connectivity index is 1.63. The van der Waals surface area contributed by atoms with E-state index in [1.165, 1.54) is 6.92 Å². The van der Waals surface area contributed by atoms with Gasteiger partial charge in [0.25, 0.3) is 0 Å². The molecule has 2 aromatic carbocycles. The quantitative estimate of drug-likeness (QED) is 0.290. The Morgan fingerprint density at radius 1 is 1.03 bits per heavy atom. The first-order chi connectivity index (χ1) is 17.1. The van der Waals surface area contributed by atoms with Crippen LogP contribution in [0.1, 0.15) is 56.7 Å². The number of esters is 1. The molecule has 0 fully saturated rings. The fraction of sp³-hybridized carbons (Fsp3) is 0.393. The number of aryl methyl sites for hydroxylation is 2. The molecule has 3 rings (SSSR count). The molecule has 3 aromatic rings. The summed E-state index contributed by atoms with van der Waals surface area (Å²) < 4.78 is 17.2. The fourth-order valence-electron chi connectivity index (χ4n) is 3.57. The number of hydroxylamine groups is 1. The summed E-state index contributed by atoms with van der Waals surface area (Å²) in [5.41, 5.74) is 5.71. The van der Waals surface area contributed by atoms with E-state index < -0.39 is 11.6 Å². The van der Waals surface area contributed by atoms with Gasteiger partial charge in [-0.1, -0.05) is 24.3 Å². The van der Waals surface area contributed by atoms with Gasteiger partial charge < -0.3 is 18.7 Å². The molecule has 8 nitrogen and oxygen atoms in total. The molecule has 36 heavy (non-hydrogen) atoms. The van der Waals surface area contributed by atoms with Crippen molar-refractivity contribution in [2.75, 3.05) is 6.61 Å². The number of hydrogen-bond donors (Lipinski definition) is 1. The van der Waals surface area contributed by atoms with Crippen LogP contribution in [0.15, 0.2) is 52.9 Å². The molecule has 0 radical (unpaired) electrons. The van der Waals surface area contributed by atoms with E-state index in [4.69, 9.17) is 18.7 Å². The Labute approximate surface area is 211 Å². The highest BCUT2D eigenvalue weighted by Crippen LogP contribution is 2.23. The molecule has 0 saturated heterocycles. The second-order valence-electron chi connectivity index (χ2n) is 9.42. The zero-order chi connectivity index (χ0) is 26.1. The van der Waals surface area contributed by atoms with Gasteiger partial charge in [-0.05, 0) is 69.5 Å². The third kappa shape index (κ3) is 8.53. The van der Waals surface area contributed by atoms with Crippen molar-refractivity contribution in [1.82, 2.24) is 10.5 Å². The number of nitrogens with zero attached hydrogens (tertiary/aromatic N) is 1. The molecule has 1 N–H and O–H groups in total. The van der Waals surface area contributed by atoms with Gasteiger partial charge >= 0.3 is 11.9 Å². The van der Waals surface area contributed by atoms with Gasteiger partial charge in [0.1, 0.15) is 17.1 Å². The van der Waals surface area contributed by atoms with Crippen LogP contribution in [0.2, 0.25) is 0 Å². The summed E-state index contributed by atoms with van der Waals surface area (Å²) in [6, 6.07) is 15.4. The summed E-state index contributed by atoms with van der Waals surface area (Å²) in [5, 5.41) is 0. The van der Waals surface area contributed by atoms with Crippen molar-refractivity contribution in [3.63, 3.8) is 0 Å². The lowest BCUT2D eigenvalue weighted by Gasteiger charge is -2.19. The van der Waals surface area contributed by atoms with Crippen LogP contribution in [0.4, 0.5) is 0 Å². The molecule has 0 saturated carbocycles. The highest BCUT2D eigenvalue weighted by Gasteiger charge is 2.17. The summed E-state index contributed by atoms with van der Waals surface area (Å²) in [7, 11) is 0. The van der Waals surface area contributed by atoms with Crippen molar-refractivity contribution in [3.8, 4) is 17.2 Å². The Kier molecular flexibility index (Phi) is 9.25. The summed E-state index contributed by atoms with van der Waals surface area (Å²) >= 11 is 0. The maximum atomic E-state index is 12.2. The van der Waals surface area contributed by atoms with Crippen LogP contribution >= 0.6 is 0 Å². The van der Waals surface area contributed by atoms with Crippen molar-refractivity contribution in [2.45, 2.75) is 66.0 Å². The molecule has 192 valence electrons. The van der Waals surface area contributed by atoms with Crippen LogP contribution in [0.5, 0.6) is 5.75 Å². The van der Waals surface area contributed by atoms with Crippen LogP contribution in [-0.4, -0.2) is 29.1 Å². The Morgan fingerprint density at radius 3 is 2.47 bits per heavy atom. The maximum absolute atomic E-state index is 12.2. The van der Waals surface area contributed by atoms with Crippen molar-refractivity contribution >= 4 is 11.9 Å². The Morgan fingerprint density at radius 2 is 1.78 bits per heavy atom. The first kappa shape index (κ1) is 26.9. The number of rotatable bonds is 11. The zero-order valence-corrected chi connectivity index (χ0v) is 21.6. The fourth-order valence-corrected chi connectivity index (χ4v) is 3.57. The number of benzene rings is 2. The van der Waals surface area contributed by atoms with Gasteiger partial charge in [-0.15, -0.1) is 5.48 Å². The topological polar surface area (TPSA) is 99.9 Å². The van der Waals surface area contributed by atoms with Crippen molar-refractivity contribution < 1.29 is 28.3 Å². The predicted molar refractivity (Wildman–Crippen MR) is 135 cm³/mol. The van der Waals surface area contributed by atoms with Crippen molar-refractivity contribution in [2.24, 2.45) is 0 Å². The number of nitrogens with one attached hydrogen (secondary N) is 1. The first-order valence-corrected chi connectivity index (χ1v) is 12.0. The highest BCUT2D eigenvalue weighted by atomic mass is 16.7. The second kappa shape index (κ2) is 12.4. The van der Waals surface area contributed by atoms with E-state index in [9.17, 15) is 9.59 Å². The van der Waals surface area contributed by atoms with Crippen molar-refractivity contribution in [3.05, 3.63) is 71.1 Å². The van der Waals surface area contributed by atoms with Crippen molar-refractivity contribution in [1.29, 1.82) is 0 Å². The molecule has 0 atom stereocenters. The van der Waals surface area contributed by atoms with Gasteiger partial charge in [0, 0.05) is 25.3 Å². The normalized spacial score (nSPS) is 11.2. The average Bonchev–Trinajstić information content (AvgIpc) is 3.18. The summed E-state index contributed by atoms with van der Waals surface area (Å²) in [4.78, 5) is 32.8. The Hall–Kier alpha value is -3.65. The van der Waals surface area contributed by atoms with Gasteiger partial charge in [0.2, 0.25) is 5.89 Å². The van der Waals surface area contributed by atoms with Crippen LogP contribution in [0.25, 0.3) is 11.5 Å². The van der Waals surface area contributed by atoms with E-state index in [1.807, 2.05) is 76.2 Å². The molecule has 0 unspecified atom stereocenters. The van der Waals surface area contributed by atoms with E-state index in [0.717, 1.165) is 28.1 Å². The average molecular weight is 495 g/mol. The molecule has 8 heteroatoms. The highest BCUT2D eigenvalue weighted by molar-refractivity contribution is 5.70. The van der Waals surface area contributed by atoms with E-state index in [0.29, 0.717) is 31.1 Å². The van der Waals surface area contributed by atoms with E-state index >= 15 is 0 Å². The number of hydrogen-bond acceptors (Lipinski definition) is 8. The van der Waals surface area contributed by atoms with Crippen LogP contribution < -0.4 is 10.2 Å². The van der Waals surface area contributed by atoms with E-state index in [1.54, 1.807) is 0 Å². The second-order valence-corrected chi connectivity index (χ2v) is 9.42. The molecular weight excluding hydrogens is 460 g/mol. The van der Waals surface area contributed by atoms with Crippen LogP contribution in [-0.2, 0) is 38.5 Å². The standard InChI is InChI=1S/C28H34N2O6/c1-19-25(30-27(34-19)22-9-7-6-8-10-22)15-16-33-24-13-11-21(12-14-26(32)35-28(3,4)5)23(17-24)18-29-36-20(2)31/h6-11,13,17,29H,12,14-16,18H2,1-5H3. The van der Waals surface area contributed by atoms with Crippen LogP contribution in [0, 0.1) is 6.92 Å². The minimum atomic E-state index is -0.529. The van der Waals surface area contributed by atoms with Gasteiger partial charge in [-0.25, -0.2) is 4.98 Å². The van der Waals surface area contributed by atoms with E-state index in [2.05, 4.69) is 10.5 Å².